The molecule has 0 bridgehead atoms. The molecule has 0 radical (unpaired) electrons. The minimum absolute atomic E-state index is 0.996. The molecule has 1 heterocycles. The zero-order valence-corrected chi connectivity index (χ0v) is 7.62. The van der Waals surface area contributed by atoms with Gasteiger partial charge in [0, 0.05) is 7.11 Å². The molecule has 0 spiro atoms. The second kappa shape index (κ2) is 3.53. The maximum Gasteiger partial charge on any atom is 0.328 e. The third-order valence-electron chi connectivity index (χ3n) is 1.70. The summed E-state index contributed by atoms with van der Waals surface area (Å²) in [4.78, 5) is 43.9. The molecule has 0 unspecified atom stereocenters. The molecule has 82 valence electrons. The molecule has 0 aromatic rings. The maximum atomic E-state index is 11.3. The summed E-state index contributed by atoms with van der Waals surface area (Å²) in [7, 11) is 1.00. The Labute approximate surface area is 83.3 Å². The van der Waals surface area contributed by atoms with Crippen molar-refractivity contribution < 1.29 is 23.9 Å². The van der Waals surface area contributed by atoms with Crippen LogP contribution in [0.25, 0.3) is 0 Å². The normalized spacial score (nSPS) is 19.1. The largest absolute Gasteiger partial charge is 0.352 e. The number of carbonyl (C=O) groups is 4. The molecule has 1 aliphatic heterocycles. The van der Waals surface area contributed by atoms with Gasteiger partial charge in [0.05, 0.1) is 0 Å². The second-order valence-electron chi connectivity index (χ2n) is 2.61. The lowest BCUT2D eigenvalue weighted by Crippen LogP contribution is -2.74. The van der Waals surface area contributed by atoms with Crippen molar-refractivity contribution in [1.82, 2.24) is 16.0 Å². The van der Waals surface area contributed by atoms with E-state index in [0.717, 1.165) is 7.11 Å². The lowest BCUT2D eigenvalue weighted by atomic mass is 10.1. The Morgan fingerprint density at radius 3 is 2.13 bits per heavy atom. The minimum atomic E-state index is -2.31. The van der Waals surface area contributed by atoms with Crippen LogP contribution in [0.3, 0.4) is 0 Å². The molecule has 5 N–H and O–H groups in total. The SMILES string of the molecule is COC1(NC(N)=O)C(=O)NC(=O)NC1=O. The lowest BCUT2D eigenvalue weighted by Gasteiger charge is -2.31. The van der Waals surface area contributed by atoms with E-state index in [2.05, 4.69) is 4.74 Å². The fraction of sp³-hybridized carbons (Fsp3) is 0.333. The van der Waals surface area contributed by atoms with E-state index in [1.54, 1.807) is 16.0 Å². The van der Waals surface area contributed by atoms with E-state index in [1.165, 1.54) is 0 Å². The van der Waals surface area contributed by atoms with Crippen molar-refractivity contribution in [3.8, 4) is 0 Å². The van der Waals surface area contributed by atoms with Gasteiger partial charge in [-0.15, -0.1) is 0 Å². The Morgan fingerprint density at radius 1 is 1.33 bits per heavy atom. The molecule has 0 saturated carbocycles. The number of hydrogen-bond acceptors (Lipinski definition) is 5. The summed E-state index contributed by atoms with van der Waals surface area (Å²) in [5.41, 5.74) is 2.46. The molecule has 0 aromatic carbocycles. The highest BCUT2D eigenvalue weighted by Gasteiger charge is 2.52. The number of imide groups is 2. The van der Waals surface area contributed by atoms with Crippen LogP contribution in [0.15, 0.2) is 0 Å². The summed E-state index contributed by atoms with van der Waals surface area (Å²) in [5, 5.41) is 5.31. The monoisotopic (exact) mass is 216 g/mol. The van der Waals surface area contributed by atoms with Crippen molar-refractivity contribution in [2.45, 2.75) is 5.72 Å². The maximum absolute atomic E-state index is 11.3. The van der Waals surface area contributed by atoms with E-state index in [4.69, 9.17) is 5.73 Å². The third kappa shape index (κ3) is 1.72. The fourth-order valence-corrected chi connectivity index (χ4v) is 1.04. The molecule has 9 heteroatoms. The summed E-state index contributed by atoms with van der Waals surface area (Å²) >= 11 is 0. The second-order valence-corrected chi connectivity index (χ2v) is 2.61. The molecule has 1 aliphatic rings. The zero-order chi connectivity index (χ0) is 11.6. The molecule has 0 aliphatic carbocycles. The number of carbonyl (C=O) groups excluding carboxylic acids is 4. The predicted molar refractivity (Wildman–Crippen MR) is 44.1 cm³/mol. The van der Waals surface area contributed by atoms with E-state index in [9.17, 15) is 19.2 Å². The standard InChI is InChI=1S/C6H8N4O5/c1-15-6(10-4(7)13)2(11)8-5(14)9-3(6)12/h1H3,(H3,7,10,13)(H2,8,9,11,12,14). The number of nitrogens with one attached hydrogen (secondary N) is 3. The van der Waals surface area contributed by atoms with Crippen LogP contribution in [-0.2, 0) is 14.3 Å². The first-order valence-electron chi connectivity index (χ1n) is 3.72. The zero-order valence-electron chi connectivity index (χ0n) is 7.62. The van der Waals surface area contributed by atoms with E-state index in [0.29, 0.717) is 0 Å². The summed E-state index contributed by atoms with van der Waals surface area (Å²) in [5.74, 6) is -2.23. The Hall–Kier alpha value is -2.16. The number of methoxy groups -OCH3 is 1. The number of nitrogens with two attached hydrogens (primary N) is 1. The van der Waals surface area contributed by atoms with Gasteiger partial charge in [-0.05, 0) is 0 Å². The predicted octanol–water partition coefficient (Wildman–Crippen LogP) is -2.64. The molecule has 9 nitrogen and oxygen atoms in total. The van der Waals surface area contributed by atoms with Crippen LogP contribution in [-0.4, -0.2) is 36.7 Å². The van der Waals surface area contributed by atoms with Crippen molar-refractivity contribution >= 4 is 23.9 Å². The fourth-order valence-electron chi connectivity index (χ4n) is 1.04. The lowest BCUT2D eigenvalue weighted by molar-refractivity contribution is -0.160. The van der Waals surface area contributed by atoms with Gasteiger partial charge in [-0.2, -0.15) is 0 Å². The van der Waals surface area contributed by atoms with Crippen molar-refractivity contribution in [2.75, 3.05) is 7.11 Å². The molecule has 15 heavy (non-hydrogen) atoms. The summed E-state index contributed by atoms with van der Waals surface area (Å²) in [6.07, 6.45) is 0. The number of rotatable bonds is 2. The Kier molecular flexibility index (Phi) is 2.57. The molecular formula is C6H8N4O5. The smallest absolute Gasteiger partial charge is 0.328 e. The van der Waals surface area contributed by atoms with Gasteiger partial charge in [-0.3, -0.25) is 25.5 Å². The number of hydrogen-bond donors (Lipinski definition) is 4. The van der Waals surface area contributed by atoms with Crippen LogP contribution < -0.4 is 21.7 Å². The van der Waals surface area contributed by atoms with Gasteiger partial charge in [-0.25, -0.2) is 9.59 Å². The van der Waals surface area contributed by atoms with E-state index < -0.39 is 29.6 Å². The van der Waals surface area contributed by atoms with Crippen LogP contribution in [0.2, 0.25) is 0 Å². The van der Waals surface area contributed by atoms with Crippen molar-refractivity contribution in [3.63, 3.8) is 0 Å². The van der Waals surface area contributed by atoms with Crippen LogP contribution >= 0.6 is 0 Å². The number of amides is 6. The molecule has 1 fully saturated rings. The van der Waals surface area contributed by atoms with E-state index >= 15 is 0 Å². The van der Waals surface area contributed by atoms with Crippen molar-refractivity contribution in [1.29, 1.82) is 0 Å². The first kappa shape index (κ1) is 10.9. The molecule has 0 aromatic heterocycles. The minimum Gasteiger partial charge on any atom is -0.352 e. The number of primary amides is 1. The molecule has 6 amide bonds. The molecule has 1 saturated heterocycles. The number of ether oxygens (including phenoxy) is 1. The van der Waals surface area contributed by atoms with Gasteiger partial charge in [0.25, 0.3) is 11.8 Å². The van der Waals surface area contributed by atoms with Crippen LogP contribution in [0.5, 0.6) is 0 Å². The Morgan fingerprint density at radius 2 is 1.80 bits per heavy atom. The summed E-state index contributed by atoms with van der Waals surface area (Å²) in [6, 6.07) is -2.14. The van der Waals surface area contributed by atoms with Gasteiger partial charge < -0.3 is 10.5 Å². The van der Waals surface area contributed by atoms with Gasteiger partial charge in [-0.1, -0.05) is 0 Å². The van der Waals surface area contributed by atoms with Gasteiger partial charge in [0.1, 0.15) is 0 Å². The third-order valence-corrected chi connectivity index (χ3v) is 1.70. The Balaban J connectivity index is 3.05. The number of urea groups is 2. The first-order chi connectivity index (χ1) is 6.92. The van der Waals surface area contributed by atoms with Gasteiger partial charge in [0.15, 0.2) is 0 Å². The molecule has 0 atom stereocenters. The Bertz CT molecular complexity index is 331. The average molecular weight is 216 g/mol. The van der Waals surface area contributed by atoms with Crippen molar-refractivity contribution in [2.24, 2.45) is 5.73 Å². The van der Waals surface area contributed by atoms with E-state index in [1.807, 2.05) is 0 Å². The summed E-state index contributed by atoms with van der Waals surface area (Å²) < 4.78 is 4.57. The van der Waals surface area contributed by atoms with Crippen LogP contribution in [0, 0.1) is 0 Å². The molecule has 1 rings (SSSR count). The van der Waals surface area contributed by atoms with Crippen LogP contribution in [0.1, 0.15) is 0 Å². The highest BCUT2D eigenvalue weighted by atomic mass is 16.5. The summed E-state index contributed by atoms with van der Waals surface area (Å²) in [6.45, 7) is 0. The quantitative estimate of drug-likeness (QED) is 0.295. The van der Waals surface area contributed by atoms with Gasteiger partial charge >= 0.3 is 17.8 Å². The average Bonchev–Trinajstić information content (AvgIpc) is 2.11. The molecular weight excluding hydrogens is 208 g/mol. The highest BCUT2D eigenvalue weighted by Crippen LogP contribution is 2.09. The van der Waals surface area contributed by atoms with Crippen molar-refractivity contribution in [3.05, 3.63) is 0 Å². The van der Waals surface area contributed by atoms with Crippen LogP contribution in [0.4, 0.5) is 9.59 Å². The topological polar surface area (TPSA) is 140 Å². The van der Waals surface area contributed by atoms with Gasteiger partial charge in [0.2, 0.25) is 0 Å². The first-order valence-corrected chi connectivity index (χ1v) is 3.72. The van der Waals surface area contributed by atoms with E-state index in [-0.39, 0.29) is 0 Å². The number of barbiturate groups is 1. The highest BCUT2D eigenvalue weighted by molar-refractivity contribution is 6.22.